The molecule has 1 fully saturated rings. The Bertz CT molecular complexity index is 245. The molecule has 1 atom stereocenters. The molecule has 0 radical (unpaired) electrons. The molecule has 0 aromatic carbocycles. The number of piperidine rings is 1. The molecule has 1 unspecified atom stereocenters. The number of hydrogen-bond acceptors (Lipinski definition) is 3. The molecule has 0 saturated carbocycles. The lowest BCUT2D eigenvalue weighted by Crippen LogP contribution is -2.45. The van der Waals surface area contributed by atoms with E-state index in [9.17, 15) is 8.42 Å². The van der Waals surface area contributed by atoms with Crippen LogP contribution in [0, 0.1) is 0 Å². The van der Waals surface area contributed by atoms with Crippen molar-refractivity contribution in [2.24, 2.45) is 0 Å². The first-order valence-corrected chi connectivity index (χ1v) is 6.43. The van der Waals surface area contributed by atoms with E-state index in [4.69, 9.17) is 0 Å². The van der Waals surface area contributed by atoms with Crippen molar-refractivity contribution in [1.82, 2.24) is 9.03 Å². The molecular formula is C7H16N2O2S2. The zero-order valence-electron chi connectivity index (χ0n) is 7.73. The second-order valence-corrected chi connectivity index (χ2v) is 5.74. The van der Waals surface area contributed by atoms with Gasteiger partial charge in [0.2, 0.25) is 0 Å². The first-order valence-electron chi connectivity index (χ1n) is 4.48. The summed E-state index contributed by atoms with van der Waals surface area (Å²) in [5, 5.41) is -0.327. The Balaban J connectivity index is 2.57. The minimum absolute atomic E-state index is 0.327. The summed E-state index contributed by atoms with van der Waals surface area (Å²) < 4.78 is 27.1. The topological polar surface area (TPSA) is 49.4 Å². The number of rotatable bonds is 3. The Hall–Kier alpha value is 0.220. The van der Waals surface area contributed by atoms with Crippen molar-refractivity contribution in [3.05, 3.63) is 0 Å². The van der Waals surface area contributed by atoms with Gasteiger partial charge < -0.3 is 0 Å². The van der Waals surface area contributed by atoms with E-state index in [-0.39, 0.29) is 5.37 Å². The molecule has 13 heavy (non-hydrogen) atoms. The van der Waals surface area contributed by atoms with E-state index < -0.39 is 10.2 Å². The molecule has 1 rings (SSSR count). The van der Waals surface area contributed by atoms with Crippen molar-refractivity contribution in [2.75, 3.05) is 13.1 Å². The molecule has 4 nitrogen and oxygen atoms in total. The first-order chi connectivity index (χ1) is 6.02. The number of thiol groups is 1. The molecular weight excluding hydrogens is 208 g/mol. The lowest BCUT2D eigenvalue weighted by atomic mass is 10.2. The Labute approximate surface area is 85.3 Å². The highest BCUT2D eigenvalue weighted by atomic mass is 32.2. The summed E-state index contributed by atoms with van der Waals surface area (Å²) in [5.41, 5.74) is 0. The fourth-order valence-electron chi connectivity index (χ4n) is 1.40. The van der Waals surface area contributed by atoms with Crippen LogP contribution >= 0.6 is 12.6 Å². The van der Waals surface area contributed by atoms with E-state index in [1.807, 2.05) is 0 Å². The van der Waals surface area contributed by atoms with Crippen LogP contribution < -0.4 is 4.72 Å². The van der Waals surface area contributed by atoms with Gasteiger partial charge in [-0.15, -0.1) is 0 Å². The van der Waals surface area contributed by atoms with E-state index in [2.05, 4.69) is 17.4 Å². The molecule has 6 heteroatoms. The van der Waals surface area contributed by atoms with Gasteiger partial charge in [0, 0.05) is 13.1 Å². The van der Waals surface area contributed by atoms with Crippen LogP contribution in [-0.4, -0.2) is 31.2 Å². The van der Waals surface area contributed by atoms with Gasteiger partial charge in [0.1, 0.15) is 0 Å². The van der Waals surface area contributed by atoms with Crippen LogP contribution in [0.4, 0.5) is 0 Å². The molecule has 78 valence electrons. The van der Waals surface area contributed by atoms with Crippen molar-refractivity contribution in [3.8, 4) is 0 Å². The highest BCUT2D eigenvalue weighted by molar-refractivity contribution is 7.88. The molecule has 0 aliphatic carbocycles. The molecule has 0 aromatic rings. The van der Waals surface area contributed by atoms with Gasteiger partial charge in [0.05, 0.1) is 5.37 Å². The van der Waals surface area contributed by atoms with E-state index in [1.165, 1.54) is 4.31 Å². The van der Waals surface area contributed by atoms with Crippen molar-refractivity contribution < 1.29 is 8.42 Å². The lowest BCUT2D eigenvalue weighted by molar-refractivity contribution is 0.341. The fraction of sp³-hybridized carbons (Fsp3) is 1.00. The number of hydrogen-bond donors (Lipinski definition) is 2. The predicted octanol–water partition coefficient (Wildman–Crippen LogP) is 0.582. The molecule has 0 amide bonds. The minimum atomic E-state index is -3.28. The highest BCUT2D eigenvalue weighted by Gasteiger charge is 2.23. The fourth-order valence-corrected chi connectivity index (χ4v) is 3.11. The maximum Gasteiger partial charge on any atom is 0.280 e. The van der Waals surface area contributed by atoms with Gasteiger partial charge >= 0.3 is 0 Å². The monoisotopic (exact) mass is 224 g/mol. The largest absolute Gasteiger partial charge is 0.280 e. The standard InChI is InChI=1S/C7H16N2O2S2/c1-7(12)8-13(10,11)9-5-3-2-4-6-9/h7-8,12H,2-6H2,1H3. The Morgan fingerprint density at radius 3 is 2.31 bits per heavy atom. The number of nitrogens with zero attached hydrogens (tertiary/aromatic N) is 1. The SMILES string of the molecule is CC(S)NS(=O)(=O)N1CCCCC1. The third kappa shape index (κ3) is 3.46. The molecule has 0 spiro atoms. The van der Waals surface area contributed by atoms with E-state index in [0.29, 0.717) is 13.1 Å². The van der Waals surface area contributed by atoms with Gasteiger partial charge in [-0.2, -0.15) is 30.1 Å². The molecule has 0 bridgehead atoms. The third-order valence-corrected chi connectivity index (χ3v) is 3.97. The summed E-state index contributed by atoms with van der Waals surface area (Å²) in [6.45, 7) is 2.97. The first kappa shape index (κ1) is 11.3. The van der Waals surface area contributed by atoms with Gasteiger partial charge in [-0.1, -0.05) is 6.42 Å². The summed E-state index contributed by atoms with van der Waals surface area (Å²) in [6.07, 6.45) is 3.05. The Kier molecular flexibility index (Phi) is 4.03. The highest BCUT2D eigenvalue weighted by Crippen LogP contribution is 2.12. The summed E-state index contributed by atoms with van der Waals surface area (Å²) >= 11 is 3.99. The van der Waals surface area contributed by atoms with Gasteiger partial charge in [0.25, 0.3) is 10.2 Å². The van der Waals surface area contributed by atoms with Crippen molar-refractivity contribution in [1.29, 1.82) is 0 Å². The molecule has 1 aliphatic rings. The quantitative estimate of drug-likeness (QED) is 0.544. The average Bonchev–Trinajstić information content (AvgIpc) is 2.04. The zero-order chi connectivity index (χ0) is 9.90. The minimum Gasteiger partial charge on any atom is -0.195 e. The Morgan fingerprint density at radius 2 is 1.85 bits per heavy atom. The second kappa shape index (κ2) is 4.63. The van der Waals surface area contributed by atoms with Gasteiger partial charge in [-0.3, -0.25) is 0 Å². The molecule has 1 saturated heterocycles. The van der Waals surface area contributed by atoms with Crippen molar-refractivity contribution >= 4 is 22.8 Å². The van der Waals surface area contributed by atoms with Crippen molar-refractivity contribution in [3.63, 3.8) is 0 Å². The summed E-state index contributed by atoms with van der Waals surface area (Å²) in [7, 11) is -3.28. The summed E-state index contributed by atoms with van der Waals surface area (Å²) in [5.74, 6) is 0. The smallest absolute Gasteiger partial charge is 0.195 e. The molecule has 1 heterocycles. The van der Waals surface area contributed by atoms with E-state index >= 15 is 0 Å². The van der Waals surface area contributed by atoms with Crippen LogP contribution in [0.2, 0.25) is 0 Å². The van der Waals surface area contributed by atoms with Gasteiger partial charge in [-0.25, -0.2) is 0 Å². The maximum atomic E-state index is 11.6. The average molecular weight is 224 g/mol. The zero-order valence-corrected chi connectivity index (χ0v) is 9.44. The number of nitrogens with one attached hydrogen (secondary N) is 1. The summed E-state index contributed by atoms with van der Waals surface area (Å²) in [6, 6.07) is 0. The predicted molar refractivity (Wildman–Crippen MR) is 55.9 cm³/mol. The van der Waals surface area contributed by atoms with Crippen LogP contribution in [0.5, 0.6) is 0 Å². The van der Waals surface area contributed by atoms with E-state index in [0.717, 1.165) is 19.3 Å². The molecule has 1 N–H and O–H groups in total. The Morgan fingerprint density at radius 1 is 1.31 bits per heavy atom. The van der Waals surface area contributed by atoms with Crippen molar-refractivity contribution in [2.45, 2.75) is 31.6 Å². The molecule has 1 aliphatic heterocycles. The lowest BCUT2D eigenvalue weighted by Gasteiger charge is -2.26. The van der Waals surface area contributed by atoms with Gasteiger partial charge in [-0.05, 0) is 19.8 Å². The van der Waals surface area contributed by atoms with Gasteiger partial charge in [0.15, 0.2) is 0 Å². The van der Waals surface area contributed by atoms with Crippen LogP contribution in [0.1, 0.15) is 26.2 Å². The summed E-state index contributed by atoms with van der Waals surface area (Å²) in [4.78, 5) is 0. The normalized spacial score (nSPS) is 22.9. The van der Waals surface area contributed by atoms with Crippen LogP contribution in [-0.2, 0) is 10.2 Å². The van der Waals surface area contributed by atoms with Crippen LogP contribution in [0.25, 0.3) is 0 Å². The van der Waals surface area contributed by atoms with Crippen LogP contribution in [0.15, 0.2) is 0 Å². The molecule has 0 aromatic heterocycles. The van der Waals surface area contributed by atoms with E-state index in [1.54, 1.807) is 6.92 Å². The third-order valence-electron chi connectivity index (χ3n) is 1.97. The maximum absolute atomic E-state index is 11.6. The second-order valence-electron chi connectivity index (χ2n) is 3.26. The van der Waals surface area contributed by atoms with Crippen LogP contribution in [0.3, 0.4) is 0 Å².